The third kappa shape index (κ3) is 4.86. The zero-order chi connectivity index (χ0) is 23.5. The van der Waals surface area contributed by atoms with Gasteiger partial charge < -0.3 is 4.90 Å². The van der Waals surface area contributed by atoms with Crippen molar-refractivity contribution in [1.29, 1.82) is 0 Å². The van der Waals surface area contributed by atoms with Crippen LogP contribution in [0, 0.1) is 0 Å². The van der Waals surface area contributed by atoms with Gasteiger partial charge in [-0.3, -0.25) is 4.79 Å². The molecule has 1 amide bonds. The molecule has 178 valence electrons. The van der Waals surface area contributed by atoms with Crippen molar-refractivity contribution < 1.29 is 13.2 Å². The number of fused-ring (bicyclic) bond motifs is 1. The van der Waals surface area contributed by atoms with Gasteiger partial charge in [0.2, 0.25) is 21.1 Å². The normalized spacial score (nSPS) is 16.5. The molecule has 5 rings (SSSR count). The van der Waals surface area contributed by atoms with E-state index in [-0.39, 0.29) is 11.7 Å². The van der Waals surface area contributed by atoms with Crippen molar-refractivity contribution >= 4 is 27.7 Å². The van der Waals surface area contributed by atoms with Gasteiger partial charge in [0.15, 0.2) is 0 Å². The Morgan fingerprint density at radius 3 is 2.53 bits per heavy atom. The summed E-state index contributed by atoms with van der Waals surface area (Å²) >= 11 is 1.29. The van der Waals surface area contributed by atoms with E-state index in [0.717, 1.165) is 30.4 Å². The van der Waals surface area contributed by atoms with Crippen LogP contribution in [0.15, 0.2) is 58.6 Å². The van der Waals surface area contributed by atoms with E-state index in [9.17, 15) is 13.2 Å². The van der Waals surface area contributed by atoms with Crippen molar-refractivity contribution in [3.63, 3.8) is 0 Å². The summed E-state index contributed by atoms with van der Waals surface area (Å²) in [6.07, 6.45) is 3.04. The van der Waals surface area contributed by atoms with Gasteiger partial charge in [0.05, 0.1) is 17.2 Å². The topological polar surface area (TPSA) is 101 Å². The van der Waals surface area contributed by atoms with Crippen molar-refractivity contribution in [2.45, 2.75) is 35.9 Å². The van der Waals surface area contributed by atoms with Crippen LogP contribution in [-0.2, 0) is 34.2 Å². The molecule has 2 aliphatic rings. The molecule has 0 radical (unpaired) electrons. The number of aromatic nitrogens is 4. The summed E-state index contributed by atoms with van der Waals surface area (Å²) in [6, 6.07) is 15.3. The van der Waals surface area contributed by atoms with Gasteiger partial charge in [-0.2, -0.15) is 4.31 Å². The molecule has 0 saturated carbocycles. The van der Waals surface area contributed by atoms with Gasteiger partial charge in [0.25, 0.3) is 0 Å². The highest BCUT2D eigenvalue weighted by molar-refractivity contribution is 7.99. The molecule has 1 fully saturated rings. The number of hydrogen-bond donors (Lipinski definition) is 0. The third-order valence-corrected chi connectivity index (χ3v) is 9.13. The fraction of sp³-hybridized carbons (Fsp3) is 0.391. The first-order valence-electron chi connectivity index (χ1n) is 11.3. The number of piperazine rings is 1. The van der Waals surface area contributed by atoms with Crippen molar-refractivity contribution in [3.05, 3.63) is 65.2 Å². The van der Waals surface area contributed by atoms with E-state index in [2.05, 4.69) is 15.5 Å². The molecule has 1 aliphatic heterocycles. The minimum atomic E-state index is -3.56. The summed E-state index contributed by atoms with van der Waals surface area (Å²) in [6.45, 7) is 1.86. The molecule has 0 bridgehead atoms. The maximum absolute atomic E-state index is 13.1. The molecule has 11 heteroatoms. The number of rotatable bonds is 7. The number of aryl methyl sites for hydroxylation is 2. The van der Waals surface area contributed by atoms with Crippen LogP contribution in [0.1, 0.15) is 23.1 Å². The number of carbonyl (C=O) groups is 1. The average Bonchev–Trinajstić information content (AvgIpc) is 3.52. The van der Waals surface area contributed by atoms with Crippen LogP contribution in [0.2, 0.25) is 0 Å². The molecule has 0 spiro atoms. The first-order chi connectivity index (χ1) is 16.5. The Morgan fingerprint density at radius 1 is 0.971 bits per heavy atom. The van der Waals surface area contributed by atoms with Crippen LogP contribution in [-0.4, -0.2) is 75.7 Å². The average molecular weight is 499 g/mol. The number of hydrogen-bond acceptors (Lipinski definition) is 7. The summed E-state index contributed by atoms with van der Waals surface area (Å²) in [4.78, 5) is 14.8. The SMILES string of the molecule is O=C(CSc1nnnn1Cc1ccccc1)N1CCN(S(=O)(=O)c2ccc3c(c2)CCC3)CC1. The van der Waals surface area contributed by atoms with E-state index < -0.39 is 10.0 Å². The summed E-state index contributed by atoms with van der Waals surface area (Å²) in [7, 11) is -3.56. The number of carbonyl (C=O) groups excluding carboxylic acids is 1. The van der Waals surface area contributed by atoms with Crippen LogP contribution in [0.5, 0.6) is 0 Å². The molecular formula is C23H26N6O3S2. The quantitative estimate of drug-likeness (QED) is 0.458. The van der Waals surface area contributed by atoms with Crippen molar-refractivity contribution in [3.8, 4) is 0 Å². The van der Waals surface area contributed by atoms with E-state index in [1.807, 2.05) is 42.5 Å². The highest BCUT2D eigenvalue weighted by Crippen LogP contribution is 2.27. The van der Waals surface area contributed by atoms with Crippen LogP contribution in [0.3, 0.4) is 0 Å². The van der Waals surface area contributed by atoms with Gasteiger partial charge in [-0.1, -0.05) is 48.2 Å². The molecule has 9 nitrogen and oxygen atoms in total. The Hall–Kier alpha value is -2.76. The Bertz CT molecular complexity index is 1270. The Kier molecular flexibility index (Phi) is 6.66. The second-order valence-electron chi connectivity index (χ2n) is 8.46. The molecule has 1 aliphatic carbocycles. The molecule has 2 heterocycles. The van der Waals surface area contributed by atoms with Crippen LogP contribution in [0.25, 0.3) is 0 Å². The lowest BCUT2D eigenvalue weighted by atomic mass is 10.1. The van der Waals surface area contributed by atoms with E-state index in [1.165, 1.54) is 21.6 Å². The van der Waals surface area contributed by atoms with Gasteiger partial charge >= 0.3 is 0 Å². The lowest BCUT2D eigenvalue weighted by molar-refractivity contribution is -0.129. The Balaban J connectivity index is 1.15. The predicted molar refractivity (Wildman–Crippen MR) is 128 cm³/mol. The van der Waals surface area contributed by atoms with Gasteiger partial charge in [-0.05, 0) is 58.5 Å². The molecule has 3 aromatic rings. The van der Waals surface area contributed by atoms with Crippen molar-refractivity contribution in [2.75, 3.05) is 31.9 Å². The number of amides is 1. The monoisotopic (exact) mass is 498 g/mol. The minimum Gasteiger partial charge on any atom is -0.339 e. The number of sulfonamides is 1. The van der Waals surface area contributed by atoms with Gasteiger partial charge in [-0.15, -0.1) is 5.10 Å². The second kappa shape index (κ2) is 9.85. The molecule has 2 aromatic carbocycles. The first kappa shape index (κ1) is 23.0. The van der Waals surface area contributed by atoms with E-state index in [0.29, 0.717) is 42.8 Å². The summed E-state index contributed by atoms with van der Waals surface area (Å²) in [5.74, 6) is 0.154. The van der Waals surface area contributed by atoms with Gasteiger partial charge in [0.1, 0.15) is 0 Å². The number of benzene rings is 2. The van der Waals surface area contributed by atoms with E-state index in [4.69, 9.17) is 0 Å². The molecular weight excluding hydrogens is 472 g/mol. The first-order valence-corrected chi connectivity index (χ1v) is 13.8. The molecule has 0 N–H and O–H groups in total. The maximum atomic E-state index is 13.1. The van der Waals surface area contributed by atoms with Crippen molar-refractivity contribution in [1.82, 2.24) is 29.4 Å². The van der Waals surface area contributed by atoms with Gasteiger partial charge in [0, 0.05) is 26.2 Å². The Morgan fingerprint density at radius 2 is 1.74 bits per heavy atom. The number of nitrogens with zero attached hydrogens (tertiary/aromatic N) is 6. The largest absolute Gasteiger partial charge is 0.339 e. The zero-order valence-electron chi connectivity index (χ0n) is 18.7. The molecule has 1 saturated heterocycles. The second-order valence-corrected chi connectivity index (χ2v) is 11.3. The van der Waals surface area contributed by atoms with E-state index in [1.54, 1.807) is 15.6 Å². The smallest absolute Gasteiger partial charge is 0.243 e. The lowest BCUT2D eigenvalue weighted by Crippen LogP contribution is -2.51. The van der Waals surface area contributed by atoms with Crippen LogP contribution >= 0.6 is 11.8 Å². The van der Waals surface area contributed by atoms with Crippen molar-refractivity contribution in [2.24, 2.45) is 0 Å². The van der Waals surface area contributed by atoms with Crippen LogP contribution in [0.4, 0.5) is 0 Å². The highest BCUT2D eigenvalue weighted by atomic mass is 32.2. The highest BCUT2D eigenvalue weighted by Gasteiger charge is 2.31. The summed E-state index contributed by atoms with van der Waals surface area (Å²) < 4.78 is 29.4. The predicted octanol–water partition coefficient (Wildman–Crippen LogP) is 1.84. The number of thioether (sulfide) groups is 1. The number of tetrazole rings is 1. The summed E-state index contributed by atoms with van der Waals surface area (Å²) in [5, 5.41) is 12.4. The zero-order valence-corrected chi connectivity index (χ0v) is 20.3. The maximum Gasteiger partial charge on any atom is 0.243 e. The van der Waals surface area contributed by atoms with Crippen LogP contribution < -0.4 is 0 Å². The Labute approximate surface area is 203 Å². The summed E-state index contributed by atoms with van der Waals surface area (Å²) in [5.41, 5.74) is 3.46. The molecule has 0 unspecified atom stereocenters. The van der Waals surface area contributed by atoms with Gasteiger partial charge in [-0.25, -0.2) is 13.1 Å². The molecule has 1 aromatic heterocycles. The lowest BCUT2D eigenvalue weighted by Gasteiger charge is -2.34. The standard InChI is InChI=1S/C23H26N6O3S2/c30-22(17-33-23-24-25-26-29(23)16-18-5-2-1-3-6-18)27-11-13-28(14-12-27)34(31,32)21-10-9-19-7-4-8-20(19)15-21/h1-3,5-6,9-10,15H,4,7-8,11-14,16-17H2. The fourth-order valence-corrected chi connectivity index (χ4v) is 6.66. The van der Waals surface area contributed by atoms with E-state index >= 15 is 0 Å². The molecule has 0 atom stereocenters. The minimum absolute atomic E-state index is 0.0474. The third-order valence-electron chi connectivity index (χ3n) is 6.30. The fourth-order valence-electron chi connectivity index (χ4n) is 4.41. The molecule has 34 heavy (non-hydrogen) atoms.